The summed E-state index contributed by atoms with van der Waals surface area (Å²) >= 11 is 0. The van der Waals surface area contributed by atoms with E-state index in [-0.39, 0.29) is 53.4 Å². The Morgan fingerprint density at radius 3 is 2.58 bits per heavy atom. The van der Waals surface area contributed by atoms with Gasteiger partial charge in [0, 0.05) is 39.6 Å². The van der Waals surface area contributed by atoms with Crippen molar-refractivity contribution in [2.75, 3.05) is 33.9 Å². The van der Waals surface area contributed by atoms with E-state index in [9.17, 15) is 9.59 Å². The predicted molar refractivity (Wildman–Crippen MR) is 114 cm³/mol. The van der Waals surface area contributed by atoms with Crippen LogP contribution in [0.15, 0.2) is 11.6 Å². The monoisotopic (exact) mass is 436 g/mol. The number of hydrogen-bond acceptors (Lipinski definition) is 6. The summed E-state index contributed by atoms with van der Waals surface area (Å²) in [5.74, 6) is 0.217. The third kappa shape index (κ3) is 4.34. The Hall–Kier alpha value is -1.64. The zero-order valence-electron chi connectivity index (χ0n) is 19.3. The van der Waals surface area contributed by atoms with Crippen LogP contribution in [0.5, 0.6) is 0 Å². The molecule has 1 N–H and O–H groups in total. The van der Waals surface area contributed by atoms with E-state index in [4.69, 9.17) is 18.9 Å². The molecule has 31 heavy (non-hydrogen) atoms. The number of hydrogen-bond donors (Lipinski definition) is 1. The maximum atomic E-state index is 12.7. The van der Waals surface area contributed by atoms with Crippen molar-refractivity contribution in [3.8, 4) is 0 Å². The third-order valence-electron chi connectivity index (χ3n) is 7.46. The molecule has 4 rings (SSSR count). The van der Waals surface area contributed by atoms with Crippen LogP contribution in [0.3, 0.4) is 0 Å². The maximum Gasteiger partial charge on any atom is 0.410 e. The number of allylic oxidation sites excluding steroid dienone is 1. The molecule has 1 spiro atoms. The molecule has 4 aliphatic rings. The number of methoxy groups -OCH3 is 1. The first-order valence-corrected chi connectivity index (χ1v) is 11.4. The number of epoxide rings is 2. The van der Waals surface area contributed by atoms with Crippen LogP contribution in [0.25, 0.3) is 0 Å². The van der Waals surface area contributed by atoms with Gasteiger partial charge in [0.2, 0.25) is 5.91 Å². The molecule has 174 valence electrons. The molecule has 2 amide bonds. The highest BCUT2D eigenvalue weighted by molar-refractivity contribution is 5.76. The smallest absolute Gasteiger partial charge is 0.410 e. The SMILES string of the molecule is CNC(=O)CC1CN(C(=O)O[C@@H]2CC[C@]3(CO3)[C@@H]([C@@]3(C)O[C@@H]3CC=C(C)C)[C@@H]2OC)C1. The number of amides is 2. The minimum absolute atomic E-state index is 0.00246. The summed E-state index contributed by atoms with van der Waals surface area (Å²) in [4.78, 5) is 25.9. The molecule has 3 aliphatic heterocycles. The highest BCUT2D eigenvalue weighted by Gasteiger charge is 2.72. The van der Waals surface area contributed by atoms with Crippen molar-refractivity contribution in [1.29, 1.82) is 0 Å². The van der Waals surface area contributed by atoms with E-state index >= 15 is 0 Å². The van der Waals surface area contributed by atoms with Gasteiger partial charge in [0.25, 0.3) is 0 Å². The van der Waals surface area contributed by atoms with Gasteiger partial charge in [0.1, 0.15) is 23.4 Å². The van der Waals surface area contributed by atoms with Gasteiger partial charge >= 0.3 is 6.09 Å². The van der Waals surface area contributed by atoms with Gasteiger partial charge in [0.05, 0.1) is 18.6 Å². The van der Waals surface area contributed by atoms with Crippen LogP contribution >= 0.6 is 0 Å². The Labute approximate surface area is 184 Å². The van der Waals surface area contributed by atoms with E-state index < -0.39 is 0 Å². The van der Waals surface area contributed by atoms with Gasteiger partial charge in [-0.15, -0.1) is 0 Å². The zero-order valence-corrected chi connectivity index (χ0v) is 19.3. The number of carbonyl (C=O) groups is 2. The summed E-state index contributed by atoms with van der Waals surface area (Å²) in [7, 11) is 3.31. The Morgan fingerprint density at radius 2 is 2.00 bits per heavy atom. The summed E-state index contributed by atoms with van der Waals surface area (Å²) in [6, 6.07) is 0. The lowest BCUT2D eigenvalue weighted by Gasteiger charge is -2.44. The van der Waals surface area contributed by atoms with Gasteiger partial charge in [0.15, 0.2) is 0 Å². The molecular weight excluding hydrogens is 400 g/mol. The molecule has 0 aromatic rings. The predicted octanol–water partition coefficient (Wildman–Crippen LogP) is 2.27. The summed E-state index contributed by atoms with van der Waals surface area (Å²) < 4.78 is 24.0. The van der Waals surface area contributed by atoms with Crippen LogP contribution in [0.2, 0.25) is 0 Å². The molecule has 8 nitrogen and oxygen atoms in total. The number of nitrogens with one attached hydrogen (secondary N) is 1. The van der Waals surface area contributed by atoms with Crippen LogP contribution in [-0.4, -0.2) is 80.3 Å². The number of likely N-dealkylation sites (tertiary alicyclic amines) is 1. The van der Waals surface area contributed by atoms with Gasteiger partial charge in [-0.3, -0.25) is 4.79 Å². The zero-order chi connectivity index (χ0) is 22.4. The Bertz CT molecular complexity index is 740. The van der Waals surface area contributed by atoms with Gasteiger partial charge in [-0.25, -0.2) is 4.79 Å². The summed E-state index contributed by atoms with van der Waals surface area (Å²) in [5, 5.41) is 2.63. The van der Waals surface area contributed by atoms with Gasteiger partial charge < -0.3 is 29.2 Å². The Morgan fingerprint density at radius 1 is 1.29 bits per heavy atom. The average molecular weight is 437 g/mol. The summed E-state index contributed by atoms with van der Waals surface area (Å²) in [6.07, 6.45) is 4.26. The van der Waals surface area contributed by atoms with Gasteiger partial charge in [-0.05, 0) is 40.0 Å². The molecule has 3 saturated heterocycles. The molecule has 6 atom stereocenters. The lowest BCUT2D eigenvalue weighted by molar-refractivity contribution is -0.127. The number of ether oxygens (including phenoxy) is 4. The number of rotatable bonds is 7. The van der Waals surface area contributed by atoms with Crippen molar-refractivity contribution in [3.63, 3.8) is 0 Å². The van der Waals surface area contributed by atoms with E-state index in [1.807, 2.05) is 0 Å². The molecule has 8 heteroatoms. The normalized spacial score (nSPS) is 38.9. The fraction of sp³-hybridized carbons (Fsp3) is 0.826. The molecule has 4 fully saturated rings. The topological polar surface area (TPSA) is 92.9 Å². The molecule has 1 aliphatic carbocycles. The van der Waals surface area contributed by atoms with Crippen LogP contribution < -0.4 is 5.32 Å². The van der Waals surface area contributed by atoms with Gasteiger partial charge in [-0.2, -0.15) is 0 Å². The van der Waals surface area contributed by atoms with Crippen LogP contribution in [0, 0.1) is 11.8 Å². The summed E-state index contributed by atoms with van der Waals surface area (Å²) in [6.45, 7) is 8.14. The maximum absolute atomic E-state index is 12.7. The molecule has 1 saturated carbocycles. The lowest BCUT2D eigenvalue weighted by atomic mass is 9.68. The molecule has 3 heterocycles. The second kappa shape index (κ2) is 8.37. The average Bonchev–Trinajstić information content (AvgIpc) is 3.61. The lowest BCUT2D eigenvalue weighted by Crippen LogP contribution is -2.57. The third-order valence-corrected chi connectivity index (χ3v) is 7.46. The largest absolute Gasteiger partial charge is 0.443 e. The highest BCUT2D eigenvalue weighted by Crippen LogP contribution is 2.59. The Balaban J connectivity index is 1.38. The molecular formula is C23H36N2O6. The van der Waals surface area contributed by atoms with Crippen LogP contribution in [-0.2, 0) is 23.7 Å². The molecule has 0 aromatic carbocycles. The van der Waals surface area contributed by atoms with Crippen molar-refractivity contribution in [2.24, 2.45) is 11.8 Å². The van der Waals surface area contributed by atoms with Crippen molar-refractivity contribution >= 4 is 12.0 Å². The standard InChI is InChI=1S/C23H36N2O6/c1-14(2)6-7-17-22(3,31-17)20-19(28-5)16(8-9-23(20)13-29-23)30-21(27)25-11-15(12-25)10-18(26)24-4/h6,15-17,19-20H,7-13H2,1-5H3,(H,24,26)/t16-,17-,19-,20-,22+,23+/m1/s1. The van der Waals surface area contributed by atoms with E-state index in [1.165, 1.54) is 5.57 Å². The van der Waals surface area contributed by atoms with Crippen molar-refractivity contribution < 1.29 is 28.5 Å². The van der Waals surface area contributed by atoms with Crippen molar-refractivity contribution in [2.45, 2.75) is 76.0 Å². The molecule has 0 unspecified atom stereocenters. The van der Waals surface area contributed by atoms with Crippen molar-refractivity contribution in [1.82, 2.24) is 10.2 Å². The van der Waals surface area contributed by atoms with Crippen LogP contribution in [0.4, 0.5) is 4.79 Å². The first-order chi connectivity index (χ1) is 14.7. The number of carbonyl (C=O) groups excluding carboxylic acids is 2. The quantitative estimate of drug-likeness (QED) is 0.486. The first kappa shape index (κ1) is 22.6. The molecule has 0 radical (unpaired) electrons. The summed E-state index contributed by atoms with van der Waals surface area (Å²) in [5.41, 5.74) is 0.704. The number of nitrogens with zero attached hydrogens (tertiary/aromatic N) is 1. The minimum atomic E-state index is -0.344. The molecule has 0 bridgehead atoms. The van der Waals surface area contributed by atoms with E-state index in [1.54, 1.807) is 19.1 Å². The second-order valence-electron chi connectivity index (χ2n) is 9.95. The van der Waals surface area contributed by atoms with Crippen LogP contribution in [0.1, 0.15) is 46.5 Å². The van der Waals surface area contributed by atoms with E-state index in [2.05, 4.69) is 32.2 Å². The molecule has 0 aromatic heterocycles. The minimum Gasteiger partial charge on any atom is -0.443 e. The van der Waals surface area contributed by atoms with E-state index in [0.29, 0.717) is 32.5 Å². The Kier molecular flexibility index (Phi) is 6.09. The van der Waals surface area contributed by atoms with Crippen molar-refractivity contribution in [3.05, 3.63) is 11.6 Å². The van der Waals surface area contributed by atoms with Gasteiger partial charge in [-0.1, -0.05) is 11.6 Å². The fourth-order valence-electron chi connectivity index (χ4n) is 5.49. The fourth-order valence-corrected chi connectivity index (χ4v) is 5.49. The van der Waals surface area contributed by atoms with E-state index in [0.717, 1.165) is 12.8 Å². The highest BCUT2D eigenvalue weighted by atomic mass is 16.6. The second-order valence-corrected chi connectivity index (χ2v) is 9.95. The first-order valence-electron chi connectivity index (χ1n) is 11.4.